The molecule has 0 spiro atoms. The number of ketones is 1. The predicted octanol–water partition coefficient (Wildman–Crippen LogP) is 0.441. The summed E-state index contributed by atoms with van der Waals surface area (Å²) in [4.78, 5) is 23.4. The normalized spacial score (nSPS) is 10.1. The van der Waals surface area contributed by atoms with Gasteiger partial charge in [0.25, 0.3) is 0 Å². The van der Waals surface area contributed by atoms with Crippen LogP contribution in [0.2, 0.25) is 0 Å². The zero-order valence-corrected chi connectivity index (χ0v) is 7.58. The monoisotopic (exact) mass is 188 g/mol. The van der Waals surface area contributed by atoms with Crippen molar-refractivity contribution in [2.24, 2.45) is 7.05 Å². The Bertz CT molecular complexity index is 449. The van der Waals surface area contributed by atoms with Crippen LogP contribution >= 0.6 is 0 Å². The van der Waals surface area contributed by atoms with Crippen LogP contribution in [0, 0.1) is 0 Å². The second-order valence-electron chi connectivity index (χ2n) is 2.81. The van der Waals surface area contributed by atoms with Crippen molar-refractivity contribution in [1.29, 1.82) is 0 Å². The van der Waals surface area contributed by atoms with Gasteiger partial charge in [0.15, 0.2) is 0 Å². The summed E-state index contributed by atoms with van der Waals surface area (Å²) in [6, 6.07) is 0. The lowest BCUT2D eigenvalue weighted by Crippen LogP contribution is -2.08. The van der Waals surface area contributed by atoms with Crippen LogP contribution in [-0.2, 0) is 7.05 Å². The van der Waals surface area contributed by atoms with Crippen molar-refractivity contribution in [3.05, 3.63) is 42.5 Å². The molecule has 0 fully saturated rings. The van der Waals surface area contributed by atoms with Gasteiger partial charge >= 0.3 is 0 Å². The van der Waals surface area contributed by atoms with Crippen LogP contribution in [0.15, 0.2) is 31.1 Å². The molecule has 0 aromatic carbocycles. The summed E-state index contributed by atoms with van der Waals surface area (Å²) in [5.41, 5.74) is 0.835. The molecule has 2 aromatic heterocycles. The Balaban J connectivity index is 2.39. The third kappa shape index (κ3) is 1.39. The van der Waals surface area contributed by atoms with Crippen LogP contribution in [0.4, 0.5) is 0 Å². The molecule has 0 saturated carbocycles. The molecule has 2 heterocycles. The molecule has 2 rings (SSSR count). The minimum Gasteiger partial charge on any atom is -0.331 e. The topological polar surface area (TPSA) is 60.7 Å². The minimum atomic E-state index is -0.168. The van der Waals surface area contributed by atoms with E-state index in [0.29, 0.717) is 11.4 Å². The molecule has 70 valence electrons. The lowest BCUT2D eigenvalue weighted by atomic mass is 10.2. The summed E-state index contributed by atoms with van der Waals surface area (Å²) < 4.78 is 1.65. The fourth-order valence-electron chi connectivity index (χ4n) is 1.12. The maximum Gasteiger partial charge on any atom is 0.230 e. The van der Waals surface area contributed by atoms with Gasteiger partial charge in [-0.25, -0.2) is 9.97 Å². The first kappa shape index (κ1) is 8.55. The number of carbonyl (C=O) groups is 1. The standard InChI is InChI=1S/C9H8N4O/c1-13-6-11-5-8(13)9(14)7-4-10-2-3-12-7/h2-6H,1H3. The van der Waals surface area contributed by atoms with E-state index in [1.54, 1.807) is 17.9 Å². The van der Waals surface area contributed by atoms with E-state index in [4.69, 9.17) is 0 Å². The van der Waals surface area contributed by atoms with Crippen molar-refractivity contribution in [2.75, 3.05) is 0 Å². The number of carbonyl (C=O) groups excluding carboxylic acids is 1. The first-order valence-electron chi connectivity index (χ1n) is 4.06. The quantitative estimate of drug-likeness (QED) is 0.641. The highest BCUT2D eigenvalue weighted by molar-refractivity contribution is 6.06. The maximum absolute atomic E-state index is 11.8. The second kappa shape index (κ2) is 3.37. The second-order valence-corrected chi connectivity index (χ2v) is 2.81. The lowest BCUT2D eigenvalue weighted by Gasteiger charge is -1.99. The van der Waals surface area contributed by atoms with Gasteiger partial charge in [0.1, 0.15) is 11.4 Å². The van der Waals surface area contributed by atoms with Gasteiger partial charge < -0.3 is 4.57 Å². The Hall–Kier alpha value is -2.04. The van der Waals surface area contributed by atoms with Crippen LogP contribution in [0.1, 0.15) is 16.2 Å². The van der Waals surface area contributed by atoms with Crippen molar-refractivity contribution in [3.63, 3.8) is 0 Å². The van der Waals surface area contributed by atoms with Gasteiger partial charge in [-0.2, -0.15) is 0 Å². The molecule has 0 saturated heterocycles. The molecule has 0 atom stereocenters. The van der Waals surface area contributed by atoms with Crippen LogP contribution in [0.3, 0.4) is 0 Å². The van der Waals surface area contributed by atoms with Gasteiger partial charge in [-0.15, -0.1) is 0 Å². The number of imidazole rings is 1. The third-order valence-corrected chi connectivity index (χ3v) is 1.85. The van der Waals surface area contributed by atoms with Crippen molar-refractivity contribution in [1.82, 2.24) is 19.5 Å². The highest BCUT2D eigenvalue weighted by Crippen LogP contribution is 2.04. The average molecular weight is 188 g/mol. The van der Waals surface area contributed by atoms with Crippen molar-refractivity contribution < 1.29 is 4.79 Å². The molecular weight excluding hydrogens is 180 g/mol. The van der Waals surface area contributed by atoms with E-state index in [-0.39, 0.29) is 5.78 Å². The number of aryl methyl sites for hydroxylation is 1. The Kier molecular flexibility index (Phi) is 2.06. The Morgan fingerprint density at radius 3 is 2.71 bits per heavy atom. The number of nitrogens with zero attached hydrogens (tertiary/aromatic N) is 4. The van der Waals surface area contributed by atoms with Gasteiger partial charge in [0.2, 0.25) is 5.78 Å². The SMILES string of the molecule is Cn1cncc1C(=O)c1cnccn1. The molecule has 0 aliphatic rings. The highest BCUT2D eigenvalue weighted by atomic mass is 16.1. The Morgan fingerprint density at radius 1 is 1.29 bits per heavy atom. The zero-order valence-electron chi connectivity index (χ0n) is 7.58. The molecule has 0 aliphatic carbocycles. The number of aromatic nitrogens is 4. The molecule has 0 aliphatic heterocycles. The molecule has 0 bridgehead atoms. The summed E-state index contributed by atoms with van der Waals surface area (Å²) in [5.74, 6) is -0.168. The molecule has 0 radical (unpaired) electrons. The summed E-state index contributed by atoms with van der Waals surface area (Å²) in [5, 5.41) is 0. The van der Waals surface area contributed by atoms with Crippen molar-refractivity contribution >= 4 is 5.78 Å². The summed E-state index contributed by atoms with van der Waals surface area (Å²) >= 11 is 0. The van der Waals surface area contributed by atoms with Gasteiger partial charge in [-0.1, -0.05) is 0 Å². The fourth-order valence-corrected chi connectivity index (χ4v) is 1.12. The average Bonchev–Trinajstić information content (AvgIpc) is 2.65. The van der Waals surface area contributed by atoms with Crippen LogP contribution in [-0.4, -0.2) is 25.3 Å². The largest absolute Gasteiger partial charge is 0.331 e. The van der Waals surface area contributed by atoms with E-state index < -0.39 is 0 Å². The van der Waals surface area contributed by atoms with E-state index in [9.17, 15) is 4.79 Å². The molecule has 5 nitrogen and oxygen atoms in total. The molecule has 0 amide bonds. The molecule has 0 N–H and O–H groups in total. The van der Waals surface area contributed by atoms with Gasteiger partial charge in [0.05, 0.1) is 18.7 Å². The van der Waals surface area contributed by atoms with Gasteiger partial charge in [-0.3, -0.25) is 9.78 Å². The van der Waals surface area contributed by atoms with Crippen molar-refractivity contribution in [3.8, 4) is 0 Å². The summed E-state index contributed by atoms with van der Waals surface area (Å²) in [6.07, 6.45) is 7.54. The number of hydrogen-bond donors (Lipinski definition) is 0. The molecule has 14 heavy (non-hydrogen) atoms. The Labute approximate surface area is 80.5 Å². The van der Waals surface area contributed by atoms with Crippen LogP contribution < -0.4 is 0 Å². The predicted molar refractivity (Wildman–Crippen MR) is 48.7 cm³/mol. The fraction of sp³-hybridized carbons (Fsp3) is 0.111. The lowest BCUT2D eigenvalue weighted by molar-refractivity contribution is 0.102. The molecule has 0 unspecified atom stereocenters. The van der Waals surface area contributed by atoms with Gasteiger partial charge in [-0.05, 0) is 0 Å². The molecule has 5 heteroatoms. The van der Waals surface area contributed by atoms with Crippen LogP contribution in [0.5, 0.6) is 0 Å². The van der Waals surface area contributed by atoms with E-state index in [1.807, 2.05) is 0 Å². The summed E-state index contributed by atoms with van der Waals surface area (Å²) in [7, 11) is 1.76. The van der Waals surface area contributed by atoms with Gasteiger partial charge in [0, 0.05) is 19.4 Å². The molecular formula is C9H8N4O. The van der Waals surface area contributed by atoms with Crippen LogP contribution in [0.25, 0.3) is 0 Å². The number of hydrogen-bond acceptors (Lipinski definition) is 4. The summed E-state index contributed by atoms with van der Waals surface area (Å²) in [6.45, 7) is 0. The van der Waals surface area contributed by atoms with E-state index in [0.717, 1.165) is 0 Å². The Morgan fingerprint density at radius 2 is 2.14 bits per heavy atom. The zero-order chi connectivity index (χ0) is 9.97. The van der Waals surface area contributed by atoms with E-state index in [2.05, 4.69) is 15.0 Å². The highest BCUT2D eigenvalue weighted by Gasteiger charge is 2.13. The maximum atomic E-state index is 11.8. The minimum absolute atomic E-state index is 0.168. The first-order chi connectivity index (χ1) is 6.79. The number of rotatable bonds is 2. The third-order valence-electron chi connectivity index (χ3n) is 1.85. The first-order valence-corrected chi connectivity index (χ1v) is 4.06. The van der Waals surface area contributed by atoms with Crippen molar-refractivity contribution in [2.45, 2.75) is 0 Å². The smallest absolute Gasteiger partial charge is 0.230 e. The van der Waals surface area contributed by atoms with E-state index in [1.165, 1.54) is 24.8 Å². The molecule has 2 aromatic rings. The van der Waals surface area contributed by atoms with E-state index >= 15 is 0 Å².